The number of amides is 2. The number of nitrogens with zero attached hydrogens (tertiary/aromatic N) is 2. The Labute approximate surface area is 154 Å². The monoisotopic (exact) mass is 352 g/mol. The number of methoxy groups -OCH3 is 1. The van der Waals surface area contributed by atoms with Crippen LogP contribution >= 0.6 is 0 Å². The summed E-state index contributed by atoms with van der Waals surface area (Å²) in [6.45, 7) is 7.72. The van der Waals surface area contributed by atoms with Crippen LogP contribution in [0, 0.1) is 0 Å². The highest BCUT2D eigenvalue weighted by atomic mass is 16.5. The first-order valence-electron chi connectivity index (χ1n) is 8.69. The first-order chi connectivity index (χ1) is 12.3. The van der Waals surface area contributed by atoms with Gasteiger partial charge in [0.1, 0.15) is 0 Å². The van der Waals surface area contributed by atoms with Crippen molar-refractivity contribution >= 4 is 23.4 Å². The molecule has 1 aliphatic rings. The third-order valence-electron chi connectivity index (χ3n) is 4.63. The van der Waals surface area contributed by atoms with E-state index in [2.05, 4.69) is 32.9 Å². The summed E-state index contributed by atoms with van der Waals surface area (Å²) in [5.74, 6) is -0.384. The van der Waals surface area contributed by atoms with Crippen molar-refractivity contribution in [2.24, 2.45) is 0 Å². The minimum Gasteiger partial charge on any atom is -0.465 e. The Balaban J connectivity index is 1.81. The lowest BCUT2D eigenvalue weighted by atomic mass is 9.87. The highest BCUT2D eigenvalue weighted by molar-refractivity contribution is 6.06. The van der Waals surface area contributed by atoms with Crippen molar-refractivity contribution in [3.05, 3.63) is 59.7 Å². The number of benzene rings is 2. The molecule has 0 aliphatic carbocycles. The number of esters is 1. The van der Waals surface area contributed by atoms with Crippen molar-refractivity contribution in [3.8, 4) is 0 Å². The number of hydrogen-bond donors (Lipinski definition) is 0. The molecule has 1 aliphatic heterocycles. The van der Waals surface area contributed by atoms with Gasteiger partial charge in [-0.1, -0.05) is 32.9 Å². The SMILES string of the molecule is COC(=O)c1ccc(N2CCN(c3cccc(C(C)(C)C)c3)C2=O)cc1. The summed E-state index contributed by atoms with van der Waals surface area (Å²) in [5.41, 5.74) is 3.39. The maximum absolute atomic E-state index is 12.9. The summed E-state index contributed by atoms with van der Waals surface area (Å²) < 4.78 is 4.71. The molecule has 3 rings (SSSR count). The van der Waals surface area contributed by atoms with E-state index in [4.69, 9.17) is 4.74 Å². The van der Waals surface area contributed by atoms with Crippen molar-refractivity contribution in [1.82, 2.24) is 0 Å². The highest BCUT2D eigenvalue weighted by Crippen LogP contribution is 2.29. The minimum absolute atomic E-state index is 0.0299. The zero-order chi connectivity index (χ0) is 18.9. The Bertz CT molecular complexity index is 822. The molecule has 2 amide bonds. The second kappa shape index (κ2) is 6.83. The molecule has 1 fully saturated rings. The van der Waals surface area contributed by atoms with E-state index in [0.29, 0.717) is 18.7 Å². The molecular formula is C21H24N2O3. The van der Waals surface area contributed by atoms with Crippen LogP contribution in [0.4, 0.5) is 16.2 Å². The van der Waals surface area contributed by atoms with E-state index >= 15 is 0 Å². The van der Waals surface area contributed by atoms with Crippen LogP contribution in [-0.2, 0) is 10.2 Å². The first-order valence-corrected chi connectivity index (χ1v) is 8.69. The Morgan fingerprint density at radius 2 is 1.58 bits per heavy atom. The van der Waals surface area contributed by atoms with Gasteiger partial charge in [0.05, 0.1) is 12.7 Å². The van der Waals surface area contributed by atoms with Crippen LogP contribution in [0.15, 0.2) is 48.5 Å². The summed E-state index contributed by atoms with van der Waals surface area (Å²) in [6.07, 6.45) is 0. The Hall–Kier alpha value is -2.82. The third-order valence-corrected chi connectivity index (χ3v) is 4.63. The van der Waals surface area contributed by atoms with Crippen molar-refractivity contribution in [3.63, 3.8) is 0 Å². The summed E-state index contributed by atoms with van der Waals surface area (Å²) in [7, 11) is 1.35. The molecular weight excluding hydrogens is 328 g/mol. The molecule has 136 valence electrons. The number of carbonyl (C=O) groups excluding carboxylic acids is 2. The molecule has 1 saturated heterocycles. The molecule has 26 heavy (non-hydrogen) atoms. The molecule has 1 heterocycles. The van der Waals surface area contributed by atoms with E-state index < -0.39 is 0 Å². The van der Waals surface area contributed by atoms with Gasteiger partial charge in [-0.15, -0.1) is 0 Å². The van der Waals surface area contributed by atoms with Crippen LogP contribution in [0.5, 0.6) is 0 Å². The molecule has 0 bridgehead atoms. The van der Waals surface area contributed by atoms with E-state index in [-0.39, 0.29) is 17.4 Å². The number of anilines is 2. The van der Waals surface area contributed by atoms with Gasteiger partial charge in [0, 0.05) is 24.5 Å². The van der Waals surface area contributed by atoms with Crippen LogP contribution in [0.1, 0.15) is 36.7 Å². The van der Waals surface area contributed by atoms with E-state index in [0.717, 1.165) is 11.4 Å². The normalized spacial score (nSPS) is 14.7. The average molecular weight is 352 g/mol. The second-order valence-corrected chi connectivity index (χ2v) is 7.42. The van der Waals surface area contributed by atoms with Crippen LogP contribution in [-0.4, -0.2) is 32.2 Å². The third kappa shape index (κ3) is 3.43. The summed E-state index contributed by atoms with van der Waals surface area (Å²) >= 11 is 0. The molecule has 5 nitrogen and oxygen atoms in total. The van der Waals surface area contributed by atoms with Gasteiger partial charge in [-0.05, 0) is 47.4 Å². The molecule has 0 unspecified atom stereocenters. The largest absolute Gasteiger partial charge is 0.465 e. The van der Waals surface area contributed by atoms with Crippen LogP contribution in [0.25, 0.3) is 0 Å². The van der Waals surface area contributed by atoms with E-state index in [9.17, 15) is 9.59 Å². The maximum atomic E-state index is 12.9. The van der Waals surface area contributed by atoms with E-state index in [1.54, 1.807) is 34.1 Å². The standard InChI is InChI=1S/C21H24N2O3/c1-21(2,3)16-6-5-7-18(14-16)23-13-12-22(20(23)25)17-10-8-15(9-11-17)19(24)26-4/h5-11,14H,12-13H2,1-4H3. The molecule has 5 heteroatoms. The highest BCUT2D eigenvalue weighted by Gasteiger charge is 2.31. The van der Waals surface area contributed by atoms with Crippen molar-refractivity contribution < 1.29 is 14.3 Å². The van der Waals surface area contributed by atoms with Gasteiger partial charge in [-0.25, -0.2) is 9.59 Å². The van der Waals surface area contributed by atoms with Crippen LogP contribution in [0.2, 0.25) is 0 Å². The topological polar surface area (TPSA) is 49.9 Å². The molecule has 0 atom stereocenters. The molecule has 0 spiro atoms. The summed E-state index contributed by atoms with van der Waals surface area (Å²) in [6, 6.07) is 15.0. The quantitative estimate of drug-likeness (QED) is 0.777. The number of ether oxygens (including phenoxy) is 1. The fourth-order valence-corrected chi connectivity index (χ4v) is 3.05. The van der Waals surface area contributed by atoms with Gasteiger partial charge in [-0.3, -0.25) is 9.80 Å². The van der Waals surface area contributed by atoms with Gasteiger partial charge in [0.15, 0.2) is 0 Å². The first kappa shape index (κ1) is 18.0. The van der Waals surface area contributed by atoms with Gasteiger partial charge in [-0.2, -0.15) is 0 Å². The number of rotatable bonds is 3. The predicted molar refractivity (Wildman–Crippen MR) is 103 cm³/mol. The second-order valence-electron chi connectivity index (χ2n) is 7.42. The van der Waals surface area contributed by atoms with Gasteiger partial charge in [0.25, 0.3) is 0 Å². The number of carbonyl (C=O) groups is 2. The van der Waals surface area contributed by atoms with Crippen molar-refractivity contribution in [2.45, 2.75) is 26.2 Å². The lowest BCUT2D eigenvalue weighted by Gasteiger charge is -2.23. The Kier molecular flexibility index (Phi) is 4.72. The molecule has 2 aromatic rings. The molecule has 0 radical (unpaired) electrons. The van der Waals surface area contributed by atoms with Gasteiger partial charge >= 0.3 is 12.0 Å². The molecule has 0 N–H and O–H groups in total. The minimum atomic E-state index is -0.384. The van der Waals surface area contributed by atoms with Crippen molar-refractivity contribution in [2.75, 3.05) is 30.0 Å². The fourth-order valence-electron chi connectivity index (χ4n) is 3.05. The predicted octanol–water partition coefficient (Wildman–Crippen LogP) is 4.22. The zero-order valence-electron chi connectivity index (χ0n) is 15.7. The molecule has 0 aromatic heterocycles. The van der Waals surface area contributed by atoms with Crippen LogP contribution < -0.4 is 9.80 Å². The Morgan fingerprint density at radius 1 is 0.962 bits per heavy atom. The fraction of sp³-hybridized carbons (Fsp3) is 0.333. The maximum Gasteiger partial charge on any atom is 0.337 e. The summed E-state index contributed by atoms with van der Waals surface area (Å²) in [4.78, 5) is 28.0. The molecule has 0 saturated carbocycles. The number of hydrogen-bond acceptors (Lipinski definition) is 3. The van der Waals surface area contributed by atoms with E-state index in [1.165, 1.54) is 12.7 Å². The van der Waals surface area contributed by atoms with Gasteiger partial charge < -0.3 is 4.74 Å². The van der Waals surface area contributed by atoms with Crippen LogP contribution in [0.3, 0.4) is 0 Å². The van der Waals surface area contributed by atoms with E-state index in [1.807, 2.05) is 12.1 Å². The van der Waals surface area contributed by atoms with Crippen molar-refractivity contribution in [1.29, 1.82) is 0 Å². The Morgan fingerprint density at radius 3 is 2.15 bits per heavy atom. The number of urea groups is 1. The zero-order valence-corrected chi connectivity index (χ0v) is 15.7. The average Bonchev–Trinajstić information content (AvgIpc) is 3.02. The lowest BCUT2D eigenvalue weighted by molar-refractivity contribution is 0.0600. The smallest absolute Gasteiger partial charge is 0.337 e. The lowest BCUT2D eigenvalue weighted by Crippen LogP contribution is -2.31. The molecule has 2 aromatic carbocycles. The summed E-state index contributed by atoms with van der Waals surface area (Å²) in [5, 5.41) is 0. The van der Waals surface area contributed by atoms with Gasteiger partial charge in [0.2, 0.25) is 0 Å².